The minimum atomic E-state index is -0.797. The van der Waals surface area contributed by atoms with Gasteiger partial charge < -0.3 is 10.4 Å². The number of nitrogens with one attached hydrogen (secondary N) is 1. The molecule has 0 amide bonds. The first kappa shape index (κ1) is 13.0. The molecule has 2 aromatic rings. The topological polar surface area (TPSA) is 75.4 Å². The second kappa shape index (κ2) is 5.49. The number of anilines is 1. The molecule has 2 aromatic carbocycles. The fourth-order valence-corrected chi connectivity index (χ4v) is 1.84. The number of aliphatic hydroxyl groups excluding tert-OH is 1. The van der Waals surface area contributed by atoms with E-state index in [4.69, 9.17) is 0 Å². The van der Waals surface area contributed by atoms with Crippen molar-refractivity contribution in [3.63, 3.8) is 0 Å². The van der Waals surface area contributed by atoms with Gasteiger partial charge in [-0.15, -0.1) is 0 Å². The van der Waals surface area contributed by atoms with Crippen LogP contribution in [0.1, 0.15) is 17.2 Å². The van der Waals surface area contributed by atoms with Crippen molar-refractivity contribution in [2.75, 3.05) is 12.4 Å². The Morgan fingerprint density at radius 1 is 1.16 bits per heavy atom. The molecule has 1 unspecified atom stereocenters. The third-order valence-electron chi connectivity index (χ3n) is 2.91. The summed E-state index contributed by atoms with van der Waals surface area (Å²) in [5, 5.41) is 23.8. The summed E-state index contributed by atoms with van der Waals surface area (Å²) in [7, 11) is 1.80. The Labute approximate surface area is 110 Å². The van der Waals surface area contributed by atoms with E-state index in [0.29, 0.717) is 5.56 Å². The molecule has 0 spiro atoms. The van der Waals surface area contributed by atoms with Crippen molar-refractivity contribution in [1.82, 2.24) is 0 Å². The van der Waals surface area contributed by atoms with Gasteiger partial charge in [-0.2, -0.15) is 0 Å². The van der Waals surface area contributed by atoms with Gasteiger partial charge in [0.05, 0.1) is 4.92 Å². The summed E-state index contributed by atoms with van der Waals surface area (Å²) in [4.78, 5) is 10.1. The molecule has 0 radical (unpaired) electrons. The lowest BCUT2D eigenvalue weighted by atomic mass is 10.0. The molecule has 98 valence electrons. The molecule has 0 heterocycles. The minimum absolute atomic E-state index is 0.0138. The number of nitro benzene ring substituents is 1. The van der Waals surface area contributed by atoms with E-state index >= 15 is 0 Å². The van der Waals surface area contributed by atoms with Crippen molar-refractivity contribution in [1.29, 1.82) is 0 Å². The quantitative estimate of drug-likeness (QED) is 0.653. The van der Waals surface area contributed by atoms with Crippen LogP contribution in [0.2, 0.25) is 0 Å². The van der Waals surface area contributed by atoms with E-state index in [9.17, 15) is 15.2 Å². The number of rotatable bonds is 4. The van der Waals surface area contributed by atoms with Crippen molar-refractivity contribution in [3.8, 4) is 0 Å². The fourth-order valence-electron chi connectivity index (χ4n) is 1.84. The summed E-state index contributed by atoms with van der Waals surface area (Å²) in [6.45, 7) is 0. The average molecular weight is 258 g/mol. The van der Waals surface area contributed by atoms with Crippen molar-refractivity contribution in [3.05, 3.63) is 69.8 Å². The molecule has 1 atom stereocenters. The zero-order valence-corrected chi connectivity index (χ0v) is 10.4. The van der Waals surface area contributed by atoms with E-state index in [1.807, 2.05) is 24.3 Å². The maximum atomic E-state index is 10.6. The smallest absolute Gasteiger partial charge is 0.269 e. The molecule has 0 saturated heterocycles. The highest BCUT2D eigenvalue weighted by Crippen LogP contribution is 2.25. The van der Waals surface area contributed by atoms with Crippen molar-refractivity contribution in [2.45, 2.75) is 6.10 Å². The van der Waals surface area contributed by atoms with Crippen molar-refractivity contribution >= 4 is 11.4 Å². The molecule has 5 nitrogen and oxygen atoms in total. The molecule has 19 heavy (non-hydrogen) atoms. The second-order valence-corrected chi connectivity index (χ2v) is 4.13. The maximum absolute atomic E-state index is 10.6. The summed E-state index contributed by atoms with van der Waals surface area (Å²) in [6, 6.07) is 13.3. The van der Waals surface area contributed by atoms with E-state index in [1.165, 1.54) is 12.1 Å². The van der Waals surface area contributed by atoms with Crippen LogP contribution in [0.15, 0.2) is 48.5 Å². The normalized spacial score (nSPS) is 11.9. The Morgan fingerprint density at radius 2 is 1.84 bits per heavy atom. The first-order valence-corrected chi connectivity index (χ1v) is 5.82. The Hall–Kier alpha value is -2.40. The molecule has 0 fully saturated rings. The van der Waals surface area contributed by atoms with Gasteiger partial charge >= 0.3 is 0 Å². The molecule has 2 N–H and O–H groups in total. The predicted molar refractivity (Wildman–Crippen MR) is 73.1 cm³/mol. The molecular weight excluding hydrogens is 244 g/mol. The number of nitrogens with zero attached hydrogens (tertiary/aromatic N) is 1. The van der Waals surface area contributed by atoms with Crippen LogP contribution in [0.3, 0.4) is 0 Å². The van der Waals surface area contributed by atoms with Gasteiger partial charge in [0.15, 0.2) is 0 Å². The van der Waals surface area contributed by atoms with Crippen molar-refractivity contribution < 1.29 is 10.0 Å². The van der Waals surface area contributed by atoms with Gasteiger partial charge in [0.1, 0.15) is 6.10 Å². The van der Waals surface area contributed by atoms with Crippen LogP contribution in [0.5, 0.6) is 0 Å². The lowest BCUT2D eigenvalue weighted by molar-refractivity contribution is -0.384. The zero-order valence-electron chi connectivity index (χ0n) is 10.4. The standard InChI is InChI=1S/C14H14N2O3/c1-15-12-4-2-3-11(9-12)14(17)10-5-7-13(8-6-10)16(18)19/h2-9,14-15,17H,1H3. The summed E-state index contributed by atoms with van der Waals surface area (Å²) in [5.74, 6) is 0. The highest BCUT2D eigenvalue weighted by Gasteiger charge is 2.12. The Balaban J connectivity index is 2.27. The van der Waals surface area contributed by atoms with Gasteiger partial charge in [0, 0.05) is 24.9 Å². The summed E-state index contributed by atoms with van der Waals surface area (Å²) >= 11 is 0. The molecule has 0 bridgehead atoms. The number of benzene rings is 2. The van der Waals surface area contributed by atoms with Crippen LogP contribution in [-0.4, -0.2) is 17.1 Å². The average Bonchev–Trinajstić information content (AvgIpc) is 2.46. The highest BCUT2D eigenvalue weighted by atomic mass is 16.6. The third-order valence-corrected chi connectivity index (χ3v) is 2.91. The number of non-ortho nitro benzene ring substituents is 1. The van der Waals surface area contributed by atoms with Crippen LogP contribution in [0, 0.1) is 10.1 Å². The van der Waals surface area contributed by atoms with Gasteiger partial charge in [-0.3, -0.25) is 10.1 Å². The minimum Gasteiger partial charge on any atom is -0.388 e. The van der Waals surface area contributed by atoms with Crippen LogP contribution in [-0.2, 0) is 0 Å². The molecule has 0 aliphatic carbocycles. The zero-order chi connectivity index (χ0) is 13.8. The molecule has 0 aliphatic rings. The summed E-state index contributed by atoms with van der Waals surface area (Å²) < 4.78 is 0. The number of aliphatic hydroxyl groups is 1. The van der Waals surface area contributed by atoms with E-state index in [-0.39, 0.29) is 5.69 Å². The van der Waals surface area contributed by atoms with Crippen molar-refractivity contribution in [2.24, 2.45) is 0 Å². The molecule has 0 aromatic heterocycles. The first-order chi connectivity index (χ1) is 9.11. The Bertz CT molecular complexity index is 581. The van der Waals surface area contributed by atoms with Gasteiger partial charge in [-0.05, 0) is 35.4 Å². The summed E-state index contributed by atoms with van der Waals surface area (Å²) in [5.41, 5.74) is 2.28. The SMILES string of the molecule is CNc1cccc(C(O)c2ccc([N+](=O)[O-])cc2)c1. The fraction of sp³-hybridized carbons (Fsp3) is 0.143. The largest absolute Gasteiger partial charge is 0.388 e. The first-order valence-electron chi connectivity index (χ1n) is 5.82. The van der Waals surface area contributed by atoms with Gasteiger partial charge in [-0.25, -0.2) is 0 Å². The molecule has 5 heteroatoms. The molecule has 0 saturated carbocycles. The Kier molecular flexibility index (Phi) is 3.77. The molecule has 2 rings (SSSR count). The molecular formula is C14H14N2O3. The maximum Gasteiger partial charge on any atom is 0.269 e. The number of hydrogen-bond acceptors (Lipinski definition) is 4. The van der Waals surface area contributed by atoms with Crippen LogP contribution < -0.4 is 5.32 Å². The second-order valence-electron chi connectivity index (χ2n) is 4.13. The van der Waals surface area contributed by atoms with E-state index < -0.39 is 11.0 Å². The van der Waals surface area contributed by atoms with E-state index in [0.717, 1.165) is 11.3 Å². The summed E-state index contributed by atoms with van der Waals surface area (Å²) in [6.07, 6.45) is -0.797. The van der Waals surface area contributed by atoms with Crippen LogP contribution in [0.25, 0.3) is 0 Å². The number of hydrogen-bond donors (Lipinski definition) is 2. The number of nitro groups is 1. The third kappa shape index (κ3) is 2.89. The lowest BCUT2D eigenvalue weighted by Gasteiger charge is -2.12. The van der Waals surface area contributed by atoms with Gasteiger partial charge in [-0.1, -0.05) is 12.1 Å². The Morgan fingerprint density at radius 3 is 2.42 bits per heavy atom. The highest BCUT2D eigenvalue weighted by molar-refractivity contribution is 5.47. The predicted octanol–water partition coefficient (Wildman–Crippen LogP) is 2.72. The van der Waals surface area contributed by atoms with E-state index in [1.54, 1.807) is 19.2 Å². The van der Waals surface area contributed by atoms with E-state index in [2.05, 4.69) is 5.32 Å². The molecule has 0 aliphatic heterocycles. The van der Waals surface area contributed by atoms with Crippen LogP contribution in [0.4, 0.5) is 11.4 Å². The van der Waals surface area contributed by atoms with Crippen LogP contribution >= 0.6 is 0 Å². The lowest BCUT2D eigenvalue weighted by Crippen LogP contribution is -2.01. The van der Waals surface area contributed by atoms with Gasteiger partial charge in [0.25, 0.3) is 5.69 Å². The monoisotopic (exact) mass is 258 g/mol. The van der Waals surface area contributed by atoms with Gasteiger partial charge in [0.2, 0.25) is 0 Å².